The van der Waals surface area contributed by atoms with Gasteiger partial charge in [-0.25, -0.2) is 4.98 Å². The van der Waals surface area contributed by atoms with Gasteiger partial charge in [0.2, 0.25) is 0 Å². The Bertz CT molecular complexity index is 487. The van der Waals surface area contributed by atoms with Crippen molar-refractivity contribution in [3.63, 3.8) is 0 Å². The first-order valence-corrected chi connectivity index (χ1v) is 7.19. The molecule has 0 spiro atoms. The Kier molecular flexibility index (Phi) is 3.97. The van der Waals surface area contributed by atoms with E-state index in [2.05, 4.69) is 35.6 Å². The molecule has 106 valence electrons. The van der Waals surface area contributed by atoms with Gasteiger partial charge < -0.3 is 9.88 Å². The lowest BCUT2D eigenvalue weighted by Crippen LogP contribution is -2.28. The standard InChI is InChI=1S/C15H25N3O/c1-11-16-13(10-14(19)17-11)18-8-5-6-12(7-9-18)15(2,3)4/h10,12H,5-9H2,1-4H3,(H,16,17,19). The Balaban J connectivity index is 2.13. The quantitative estimate of drug-likeness (QED) is 0.847. The van der Waals surface area contributed by atoms with Crippen LogP contribution >= 0.6 is 0 Å². The SMILES string of the molecule is Cc1nc(N2CCCC(C(C)(C)C)CC2)cc(=O)[nH]1. The minimum atomic E-state index is -0.0564. The summed E-state index contributed by atoms with van der Waals surface area (Å²) in [5, 5.41) is 0. The van der Waals surface area contributed by atoms with Crippen LogP contribution in [0.25, 0.3) is 0 Å². The van der Waals surface area contributed by atoms with Crippen LogP contribution in [0.1, 0.15) is 45.9 Å². The molecule has 0 saturated carbocycles. The summed E-state index contributed by atoms with van der Waals surface area (Å²) in [6, 6.07) is 1.62. The van der Waals surface area contributed by atoms with Crippen LogP contribution in [0.4, 0.5) is 5.82 Å². The molecule has 1 unspecified atom stereocenters. The van der Waals surface area contributed by atoms with Crippen molar-refractivity contribution in [2.24, 2.45) is 11.3 Å². The molecular weight excluding hydrogens is 238 g/mol. The van der Waals surface area contributed by atoms with Crippen molar-refractivity contribution in [2.45, 2.75) is 47.0 Å². The average Bonchev–Trinajstić information content (AvgIpc) is 2.52. The van der Waals surface area contributed by atoms with Crippen molar-refractivity contribution in [1.29, 1.82) is 0 Å². The summed E-state index contributed by atoms with van der Waals surface area (Å²) in [6.07, 6.45) is 3.62. The lowest BCUT2D eigenvalue weighted by molar-refractivity contribution is 0.220. The summed E-state index contributed by atoms with van der Waals surface area (Å²) in [5.41, 5.74) is 0.312. The lowest BCUT2D eigenvalue weighted by atomic mass is 9.77. The smallest absolute Gasteiger partial charge is 0.252 e. The minimum Gasteiger partial charge on any atom is -0.356 e. The van der Waals surface area contributed by atoms with Crippen LogP contribution < -0.4 is 10.5 Å². The highest BCUT2D eigenvalue weighted by Gasteiger charge is 2.27. The molecule has 1 aromatic heterocycles. The molecule has 1 atom stereocenters. The normalized spacial score (nSPS) is 21.3. The first-order valence-electron chi connectivity index (χ1n) is 7.19. The van der Waals surface area contributed by atoms with E-state index in [-0.39, 0.29) is 5.56 Å². The fourth-order valence-electron chi connectivity index (χ4n) is 2.92. The second-order valence-electron chi connectivity index (χ2n) is 6.67. The number of nitrogens with one attached hydrogen (secondary N) is 1. The number of hydrogen-bond donors (Lipinski definition) is 1. The van der Waals surface area contributed by atoms with E-state index in [0.717, 1.165) is 24.8 Å². The molecule has 1 aliphatic rings. The Morgan fingerprint density at radius 1 is 1.32 bits per heavy atom. The molecule has 1 aromatic rings. The lowest BCUT2D eigenvalue weighted by Gasteiger charge is -2.29. The topological polar surface area (TPSA) is 49.0 Å². The third kappa shape index (κ3) is 3.58. The monoisotopic (exact) mass is 263 g/mol. The van der Waals surface area contributed by atoms with Gasteiger partial charge in [-0.1, -0.05) is 20.8 Å². The predicted molar refractivity (Wildman–Crippen MR) is 78.6 cm³/mol. The molecule has 4 heteroatoms. The largest absolute Gasteiger partial charge is 0.356 e. The highest BCUT2D eigenvalue weighted by atomic mass is 16.1. The Morgan fingerprint density at radius 3 is 2.68 bits per heavy atom. The first kappa shape index (κ1) is 14.1. The summed E-state index contributed by atoms with van der Waals surface area (Å²) in [4.78, 5) is 21.0. The number of aromatic amines is 1. The van der Waals surface area contributed by atoms with Crippen LogP contribution in [0.15, 0.2) is 10.9 Å². The fraction of sp³-hybridized carbons (Fsp3) is 0.733. The van der Waals surface area contributed by atoms with Gasteiger partial charge in [0.05, 0.1) is 0 Å². The third-order valence-corrected chi connectivity index (χ3v) is 4.12. The van der Waals surface area contributed by atoms with Gasteiger partial charge >= 0.3 is 0 Å². The number of hydrogen-bond acceptors (Lipinski definition) is 3. The fourth-order valence-corrected chi connectivity index (χ4v) is 2.92. The molecule has 0 amide bonds. The molecule has 19 heavy (non-hydrogen) atoms. The van der Waals surface area contributed by atoms with Gasteiger partial charge in [0.25, 0.3) is 5.56 Å². The van der Waals surface area contributed by atoms with E-state index < -0.39 is 0 Å². The Labute approximate surface area is 115 Å². The van der Waals surface area contributed by atoms with Gasteiger partial charge in [-0.15, -0.1) is 0 Å². The zero-order valence-corrected chi connectivity index (χ0v) is 12.5. The molecule has 1 aliphatic heterocycles. The number of H-pyrrole nitrogens is 1. The van der Waals surface area contributed by atoms with Gasteiger partial charge in [-0.2, -0.15) is 0 Å². The first-order chi connectivity index (χ1) is 8.86. The second-order valence-corrected chi connectivity index (χ2v) is 6.67. The van der Waals surface area contributed by atoms with Crippen LogP contribution in [0.3, 0.4) is 0 Å². The summed E-state index contributed by atoms with van der Waals surface area (Å²) >= 11 is 0. The van der Waals surface area contributed by atoms with Crippen molar-refractivity contribution >= 4 is 5.82 Å². The van der Waals surface area contributed by atoms with Gasteiger partial charge in [0.15, 0.2) is 0 Å². The second kappa shape index (κ2) is 5.35. The molecule has 0 aromatic carbocycles. The van der Waals surface area contributed by atoms with Crippen LogP contribution in [-0.4, -0.2) is 23.1 Å². The third-order valence-electron chi connectivity index (χ3n) is 4.12. The van der Waals surface area contributed by atoms with E-state index in [4.69, 9.17) is 0 Å². The van der Waals surface area contributed by atoms with E-state index >= 15 is 0 Å². The van der Waals surface area contributed by atoms with E-state index in [1.807, 2.05) is 6.92 Å². The summed E-state index contributed by atoms with van der Waals surface area (Å²) < 4.78 is 0. The highest BCUT2D eigenvalue weighted by molar-refractivity contribution is 5.37. The molecule has 0 aliphatic carbocycles. The number of aryl methyl sites for hydroxylation is 1. The molecule has 4 nitrogen and oxygen atoms in total. The van der Waals surface area contributed by atoms with Crippen molar-refractivity contribution in [2.75, 3.05) is 18.0 Å². The van der Waals surface area contributed by atoms with Crippen molar-refractivity contribution < 1.29 is 0 Å². The molecule has 1 fully saturated rings. The van der Waals surface area contributed by atoms with Gasteiger partial charge in [0, 0.05) is 19.2 Å². The van der Waals surface area contributed by atoms with Gasteiger partial charge in [-0.05, 0) is 37.5 Å². The van der Waals surface area contributed by atoms with E-state index in [9.17, 15) is 4.79 Å². The number of aromatic nitrogens is 2. The number of anilines is 1. The van der Waals surface area contributed by atoms with Crippen molar-refractivity contribution in [3.8, 4) is 0 Å². The molecule has 2 rings (SSSR count). The Hall–Kier alpha value is -1.32. The average molecular weight is 263 g/mol. The van der Waals surface area contributed by atoms with Gasteiger partial charge in [-0.3, -0.25) is 4.79 Å². The molecule has 1 saturated heterocycles. The maximum atomic E-state index is 11.5. The van der Waals surface area contributed by atoms with E-state index in [1.54, 1.807) is 6.07 Å². The van der Waals surface area contributed by atoms with Crippen LogP contribution in [-0.2, 0) is 0 Å². The maximum absolute atomic E-state index is 11.5. The molecule has 0 bridgehead atoms. The molecule has 2 heterocycles. The summed E-state index contributed by atoms with van der Waals surface area (Å²) in [5.74, 6) is 2.27. The predicted octanol–water partition coefficient (Wildman–Crippen LogP) is 2.73. The van der Waals surface area contributed by atoms with E-state index in [1.165, 1.54) is 19.3 Å². The maximum Gasteiger partial charge on any atom is 0.252 e. The highest BCUT2D eigenvalue weighted by Crippen LogP contribution is 2.34. The zero-order valence-electron chi connectivity index (χ0n) is 12.5. The Morgan fingerprint density at radius 2 is 2.05 bits per heavy atom. The summed E-state index contributed by atoms with van der Waals surface area (Å²) in [7, 11) is 0. The van der Waals surface area contributed by atoms with Crippen LogP contribution in [0, 0.1) is 18.3 Å². The van der Waals surface area contributed by atoms with Gasteiger partial charge in [0.1, 0.15) is 11.6 Å². The van der Waals surface area contributed by atoms with E-state index in [0.29, 0.717) is 11.2 Å². The molecule has 1 N–H and O–H groups in total. The molecular formula is C15H25N3O. The van der Waals surface area contributed by atoms with Crippen molar-refractivity contribution in [3.05, 3.63) is 22.2 Å². The minimum absolute atomic E-state index is 0.0564. The van der Waals surface area contributed by atoms with Crippen LogP contribution in [0.5, 0.6) is 0 Å². The number of nitrogens with zero attached hydrogens (tertiary/aromatic N) is 2. The zero-order chi connectivity index (χ0) is 14.0. The number of rotatable bonds is 1. The molecule has 0 radical (unpaired) electrons. The van der Waals surface area contributed by atoms with Crippen molar-refractivity contribution in [1.82, 2.24) is 9.97 Å². The van der Waals surface area contributed by atoms with Crippen LogP contribution in [0.2, 0.25) is 0 Å². The summed E-state index contributed by atoms with van der Waals surface area (Å²) in [6.45, 7) is 10.8.